The summed E-state index contributed by atoms with van der Waals surface area (Å²) in [7, 11) is 0. The first-order valence-corrected chi connectivity index (χ1v) is 9.55. The van der Waals surface area contributed by atoms with E-state index in [-0.39, 0.29) is 24.0 Å². The van der Waals surface area contributed by atoms with Crippen LogP contribution in [0.4, 0.5) is 5.69 Å². The van der Waals surface area contributed by atoms with Gasteiger partial charge in [0.1, 0.15) is 6.54 Å². The van der Waals surface area contributed by atoms with Gasteiger partial charge in [-0.2, -0.15) is 0 Å². The Kier molecular flexibility index (Phi) is 8.69. The molecule has 27 heavy (non-hydrogen) atoms. The Labute approximate surface area is 183 Å². The Morgan fingerprint density at radius 3 is 2.63 bits per heavy atom. The Hall–Kier alpha value is -1.48. The minimum absolute atomic E-state index is 0. The third kappa shape index (κ3) is 6.00. The number of nitrogens with one attached hydrogen (secondary N) is 1. The molecular weight excluding hydrogens is 477 g/mol. The molecule has 1 saturated heterocycles. The molecule has 3 rings (SSSR count). The molecule has 0 atom stereocenters. The molecule has 1 aromatic heterocycles. The van der Waals surface area contributed by atoms with Crippen LogP contribution in [0.3, 0.4) is 0 Å². The minimum Gasteiger partial charge on any atom is -0.368 e. The maximum absolute atomic E-state index is 6.12. The zero-order valence-electron chi connectivity index (χ0n) is 15.8. The van der Waals surface area contributed by atoms with Crippen molar-refractivity contribution < 1.29 is 4.52 Å². The van der Waals surface area contributed by atoms with Gasteiger partial charge in [-0.3, -0.25) is 0 Å². The maximum Gasteiger partial charge on any atom is 0.194 e. The number of rotatable bonds is 5. The normalized spacial score (nSPS) is 14.9. The van der Waals surface area contributed by atoms with Crippen molar-refractivity contribution in [3.63, 3.8) is 0 Å². The van der Waals surface area contributed by atoms with Gasteiger partial charge in [0.2, 0.25) is 0 Å². The predicted octanol–water partition coefficient (Wildman–Crippen LogP) is 3.80. The quantitative estimate of drug-likeness (QED) is 0.382. The van der Waals surface area contributed by atoms with Gasteiger partial charge in [-0.1, -0.05) is 29.7 Å². The van der Waals surface area contributed by atoms with E-state index in [2.05, 4.69) is 40.2 Å². The molecule has 1 aliphatic rings. The summed E-state index contributed by atoms with van der Waals surface area (Å²) in [6.45, 7) is 9.19. The number of aryl methyl sites for hydroxylation is 1. The van der Waals surface area contributed by atoms with Gasteiger partial charge in [0.05, 0.1) is 5.69 Å². The number of aliphatic imine (C=N–C) groups is 1. The smallest absolute Gasteiger partial charge is 0.194 e. The highest BCUT2D eigenvalue weighted by atomic mass is 127. The maximum atomic E-state index is 6.12. The summed E-state index contributed by atoms with van der Waals surface area (Å²) in [5.74, 6) is 1.72. The van der Waals surface area contributed by atoms with Crippen molar-refractivity contribution in [2.75, 3.05) is 37.6 Å². The van der Waals surface area contributed by atoms with Crippen LogP contribution in [0.5, 0.6) is 0 Å². The number of hydrogen-bond donors (Lipinski definition) is 1. The lowest BCUT2D eigenvalue weighted by molar-refractivity contribution is 0.365. The summed E-state index contributed by atoms with van der Waals surface area (Å²) in [6.07, 6.45) is 0.874. The van der Waals surface area contributed by atoms with E-state index < -0.39 is 0 Å². The molecule has 148 valence electrons. The molecule has 0 radical (unpaired) electrons. The highest BCUT2D eigenvalue weighted by molar-refractivity contribution is 14.0. The standard InChI is InChI=1S/C19H26ClN5O.HI/c1-3-16-13-18(26-23-16)14-22-19(21-4-2)25-10-8-24(9-11-25)17-7-5-6-15(20)12-17;/h5-7,12-13H,3-4,8-11,14H2,1-2H3,(H,21,22);1H. The van der Waals surface area contributed by atoms with Crippen molar-refractivity contribution in [3.05, 3.63) is 46.8 Å². The van der Waals surface area contributed by atoms with Gasteiger partial charge in [-0.15, -0.1) is 24.0 Å². The van der Waals surface area contributed by atoms with Crippen LogP contribution in [0.1, 0.15) is 25.3 Å². The largest absolute Gasteiger partial charge is 0.368 e. The third-order valence-corrected chi connectivity index (χ3v) is 4.68. The SMILES string of the molecule is CCNC(=NCc1cc(CC)no1)N1CCN(c2cccc(Cl)c2)CC1.I. The predicted molar refractivity (Wildman–Crippen MR) is 121 cm³/mol. The molecule has 0 amide bonds. The highest BCUT2D eigenvalue weighted by Gasteiger charge is 2.20. The lowest BCUT2D eigenvalue weighted by Crippen LogP contribution is -2.52. The molecule has 2 aromatic rings. The van der Waals surface area contributed by atoms with Crippen molar-refractivity contribution in [2.45, 2.75) is 26.8 Å². The van der Waals surface area contributed by atoms with E-state index in [1.807, 2.05) is 24.3 Å². The van der Waals surface area contributed by atoms with Crippen molar-refractivity contribution in [2.24, 2.45) is 4.99 Å². The van der Waals surface area contributed by atoms with E-state index in [0.29, 0.717) is 6.54 Å². The molecule has 0 spiro atoms. The molecule has 0 unspecified atom stereocenters. The average Bonchev–Trinajstić information content (AvgIpc) is 3.13. The van der Waals surface area contributed by atoms with Gasteiger partial charge < -0.3 is 19.6 Å². The topological polar surface area (TPSA) is 56.9 Å². The number of guanidine groups is 1. The van der Waals surface area contributed by atoms with E-state index in [0.717, 1.165) is 61.6 Å². The van der Waals surface area contributed by atoms with E-state index in [1.165, 1.54) is 5.69 Å². The van der Waals surface area contributed by atoms with Crippen LogP contribution in [0.15, 0.2) is 39.8 Å². The zero-order chi connectivity index (χ0) is 18.4. The fraction of sp³-hybridized carbons (Fsp3) is 0.474. The number of halogens is 2. The summed E-state index contributed by atoms with van der Waals surface area (Å²) in [5, 5.41) is 8.18. The monoisotopic (exact) mass is 503 g/mol. The van der Waals surface area contributed by atoms with Crippen LogP contribution in [0.25, 0.3) is 0 Å². The van der Waals surface area contributed by atoms with Gasteiger partial charge in [0.15, 0.2) is 11.7 Å². The van der Waals surface area contributed by atoms with Crippen molar-refractivity contribution in [3.8, 4) is 0 Å². The first-order chi connectivity index (χ1) is 12.7. The average molecular weight is 504 g/mol. The Morgan fingerprint density at radius 2 is 2.00 bits per heavy atom. The van der Waals surface area contributed by atoms with E-state index in [9.17, 15) is 0 Å². The lowest BCUT2D eigenvalue weighted by Gasteiger charge is -2.37. The molecule has 8 heteroatoms. The summed E-state index contributed by atoms with van der Waals surface area (Å²) in [5.41, 5.74) is 2.14. The molecule has 1 aromatic carbocycles. The molecule has 1 N–H and O–H groups in total. The van der Waals surface area contributed by atoms with Crippen molar-refractivity contribution in [1.82, 2.24) is 15.4 Å². The summed E-state index contributed by atoms with van der Waals surface area (Å²) >= 11 is 6.12. The molecule has 2 heterocycles. The second kappa shape index (κ2) is 10.8. The number of anilines is 1. The Balaban J connectivity index is 0.00000261. The van der Waals surface area contributed by atoms with Crippen LogP contribution in [-0.4, -0.2) is 48.7 Å². The number of nitrogens with zero attached hydrogens (tertiary/aromatic N) is 4. The fourth-order valence-corrected chi connectivity index (χ4v) is 3.21. The van der Waals surface area contributed by atoms with Crippen molar-refractivity contribution >= 4 is 47.2 Å². The van der Waals surface area contributed by atoms with Crippen LogP contribution in [-0.2, 0) is 13.0 Å². The van der Waals surface area contributed by atoms with Gasteiger partial charge in [0, 0.05) is 49.5 Å². The molecule has 6 nitrogen and oxygen atoms in total. The second-order valence-corrected chi connectivity index (χ2v) is 6.70. The van der Waals surface area contributed by atoms with Crippen LogP contribution in [0.2, 0.25) is 5.02 Å². The highest BCUT2D eigenvalue weighted by Crippen LogP contribution is 2.20. The fourth-order valence-electron chi connectivity index (χ4n) is 3.02. The van der Waals surface area contributed by atoms with Crippen molar-refractivity contribution in [1.29, 1.82) is 0 Å². The lowest BCUT2D eigenvalue weighted by atomic mass is 10.2. The molecule has 0 saturated carbocycles. The zero-order valence-corrected chi connectivity index (χ0v) is 18.9. The minimum atomic E-state index is 0. The van der Waals surface area contributed by atoms with Crippen LogP contribution < -0.4 is 10.2 Å². The Morgan fingerprint density at radius 1 is 1.22 bits per heavy atom. The summed E-state index contributed by atoms with van der Waals surface area (Å²) < 4.78 is 5.33. The van der Waals surface area contributed by atoms with E-state index in [1.54, 1.807) is 0 Å². The number of aromatic nitrogens is 1. The number of piperazine rings is 1. The van der Waals surface area contributed by atoms with Gasteiger partial charge >= 0.3 is 0 Å². The van der Waals surface area contributed by atoms with Gasteiger partial charge in [-0.05, 0) is 31.5 Å². The van der Waals surface area contributed by atoms with E-state index in [4.69, 9.17) is 21.1 Å². The molecular formula is C19H27ClIN5O. The third-order valence-electron chi connectivity index (χ3n) is 4.44. The van der Waals surface area contributed by atoms with Crippen LogP contribution >= 0.6 is 35.6 Å². The Bertz CT molecular complexity index is 743. The molecule has 1 aliphatic heterocycles. The van der Waals surface area contributed by atoms with E-state index >= 15 is 0 Å². The first-order valence-electron chi connectivity index (χ1n) is 9.17. The molecule has 0 bridgehead atoms. The second-order valence-electron chi connectivity index (χ2n) is 6.26. The van der Waals surface area contributed by atoms with Gasteiger partial charge in [-0.25, -0.2) is 4.99 Å². The number of hydrogen-bond acceptors (Lipinski definition) is 4. The summed E-state index contributed by atoms with van der Waals surface area (Å²) in [6, 6.07) is 10.0. The van der Waals surface area contributed by atoms with Crippen LogP contribution in [0, 0.1) is 0 Å². The van der Waals surface area contributed by atoms with Gasteiger partial charge in [0.25, 0.3) is 0 Å². The molecule has 1 fully saturated rings. The first kappa shape index (κ1) is 21.8. The summed E-state index contributed by atoms with van der Waals surface area (Å²) in [4.78, 5) is 9.38. The number of benzene rings is 1. The molecule has 0 aliphatic carbocycles.